The van der Waals surface area contributed by atoms with Gasteiger partial charge in [-0.05, 0) is 32.7 Å². The van der Waals surface area contributed by atoms with Gasteiger partial charge in [-0.25, -0.2) is 4.98 Å². The van der Waals surface area contributed by atoms with Crippen LogP contribution < -0.4 is 5.32 Å². The monoisotopic (exact) mass is 268 g/mol. The van der Waals surface area contributed by atoms with E-state index in [2.05, 4.69) is 17.2 Å². The summed E-state index contributed by atoms with van der Waals surface area (Å²) in [4.78, 5) is 5.88. The molecular weight excluding hydrogens is 244 g/mol. The van der Waals surface area contributed by atoms with Crippen LogP contribution in [0, 0.1) is 5.92 Å². The summed E-state index contributed by atoms with van der Waals surface area (Å²) in [5, 5.41) is 4.35. The summed E-state index contributed by atoms with van der Waals surface area (Å²) in [6.07, 6.45) is 8.90. The number of hydrogen-bond donors (Lipinski definition) is 1. The third-order valence-electron chi connectivity index (χ3n) is 3.59. The quantitative estimate of drug-likeness (QED) is 0.857. The highest BCUT2D eigenvalue weighted by molar-refractivity contribution is 7.11. The smallest absolute Gasteiger partial charge is 0.122 e. The Morgan fingerprint density at radius 1 is 1.44 bits per heavy atom. The second-order valence-corrected chi connectivity index (χ2v) is 6.12. The van der Waals surface area contributed by atoms with Crippen molar-refractivity contribution in [3.05, 3.63) is 16.1 Å². The van der Waals surface area contributed by atoms with Crippen LogP contribution in [0.15, 0.2) is 6.20 Å². The van der Waals surface area contributed by atoms with Gasteiger partial charge in [0.25, 0.3) is 0 Å². The second-order valence-electron chi connectivity index (χ2n) is 4.97. The molecule has 3 nitrogen and oxygen atoms in total. The Bertz CT molecular complexity index is 347. The molecule has 0 saturated heterocycles. The lowest BCUT2D eigenvalue weighted by Gasteiger charge is -2.28. The summed E-state index contributed by atoms with van der Waals surface area (Å²) in [5.74, 6) is 0.673. The van der Waals surface area contributed by atoms with Gasteiger partial charge < -0.3 is 10.1 Å². The molecule has 1 aliphatic rings. The average Bonchev–Trinajstić information content (AvgIpc) is 2.86. The molecule has 0 radical (unpaired) electrons. The van der Waals surface area contributed by atoms with Crippen molar-refractivity contribution >= 4 is 11.3 Å². The zero-order valence-corrected chi connectivity index (χ0v) is 12.3. The Balaban J connectivity index is 2.06. The van der Waals surface area contributed by atoms with E-state index in [1.807, 2.05) is 13.2 Å². The number of thiazole rings is 1. The molecule has 0 aromatic carbocycles. The normalized spacial score (nSPS) is 19.0. The number of ether oxygens (including phenoxy) is 1. The molecule has 18 heavy (non-hydrogen) atoms. The molecule has 0 amide bonds. The van der Waals surface area contributed by atoms with Crippen molar-refractivity contribution in [2.75, 3.05) is 13.7 Å². The Morgan fingerprint density at radius 2 is 2.22 bits per heavy atom. The van der Waals surface area contributed by atoms with Gasteiger partial charge in [0.05, 0.1) is 0 Å². The molecule has 1 unspecified atom stereocenters. The molecule has 1 N–H and O–H groups in total. The Morgan fingerprint density at radius 3 is 2.89 bits per heavy atom. The van der Waals surface area contributed by atoms with Crippen molar-refractivity contribution in [1.29, 1.82) is 0 Å². The van der Waals surface area contributed by atoms with Crippen molar-refractivity contribution in [2.45, 2.75) is 51.7 Å². The van der Waals surface area contributed by atoms with Crippen LogP contribution in [0.1, 0.15) is 55.0 Å². The van der Waals surface area contributed by atoms with Gasteiger partial charge in [-0.3, -0.25) is 0 Å². The molecule has 2 rings (SSSR count). The first-order valence-corrected chi connectivity index (χ1v) is 7.87. The van der Waals surface area contributed by atoms with Crippen molar-refractivity contribution in [1.82, 2.24) is 10.3 Å². The third-order valence-corrected chi connectivity index (χ3v) is 4.65. The fourth-order valence-corrected chi connectivity index (χ4v) is 3.81. The lowest BCUT2D eigenvalue weighted by atomic mass is 9.85. The van der Waals surface area contributed by atoms with Crippen LogP contribution in [0.3, 0.4) is 0 Å². The minimum atomic E-state index is 0.228. The SMILES string of the molecule is CCOC(c1ncc(CNC)s1)C1CCCCC1. The predicted molar refractivity (Wildman–Crippen MR) is 75.8 cm³/mol. The van der Waals surface area contributed by atoms with Gasteiger partial charge >= 0.3 is 0 Å². The second kappa shape index (κ2) is 7.22. The van der Waals surface area contributed by atoms with Crippen molar-refractivity contribution < 1.29 is 4.74 Å². The Hall–Kier alpha value is -0.450. The minimum absolute atomic E-state index is 0.228. The van der Waals surface area contributed by atoms with Crippen LogP contribution in [0.2, 0.25) is 0 Å². The fraction of sp³-hybridized carbons (Fsp3) is 0.786. The van der Waals surface area contributed by atoms with Crippen LogP contribution in [0.25, 0.3) is 0 Å². The summed E-state index contributed by atoms with van der Waals surface area (Å²) in [7, 11) is 1.97. The third kappa shape index (κ3) is 3.53. The van der Waals surface area contributed by atoms with Crippen LogP contribution >= 0.6 is 11.3 Å². The number of rotatable bonds is 6. The first-order chi connectivity index (χ1) is 8.85. The maximum absolute atomic E-state index is 5.99. The molecule has 0 spiro atoms. The molecule has 1 saturated carbocycles. The molecular formula is C14H24N2OS. The minimum Gasteiger partial charge on any atom is -0.371 e. The summed E-state index contributed by atoms with van der Waals surface area (Å²) in [6.45, 7) is 3.77. The molecule has 0 bridgehead atoms. The fourth-order valence-electron chi connectivity index (χ4n) is 2.74. The van der Waals surface area contributed by atoms with E-state index in [1.165, 1.54) is 42.0 Å². The van der Waals surface area contributed by atoms with Gasteiger partial charge in [0, 0.05) is 24.2 Å². The molecule has 1 atom stereocenters. The van der Waals surface area contributed by atoms with Gasteiger partial charge in [0.15, 0.2) is 0 Å². The molecule has 0 aliphatic heterocycles. The van der Waals surface area contributed by atoms with Crippen LogP contribution in [-0.2, 0) is 11.3 Å². The van der Waals surface area contributed by atoms with E-state index in [9.17, 15) is 0 Å². The Kier molecular flexibility index (Phi) is 5.60. The maximum Gasteiger partial charge on any atom is 0.122 e. The molecule has 102 valence electrons. The lowest BCUT2D eigenvalue weighted by molar-refractivity contribution is 0.00551. The zero-order valence-electron chi connectivity index (χ0n) is 11.4. The van der Waals surface area contributed by atoms with Gasteiger partial charge in [-0.15, -0.1) is 11.3 Å². The van der Waals surface area contributed by atoms with E-state index in [0.717, 1.165) is 13.2 Å². The van der Waals surface area contributed by atoms with Crippen LogP contribution in [-0.4, -0.2) is 18.6 Å². The van der Waals surface area contributed by atoms with Gasteiger partial charge in [-0.1, -0.05) is 19.3 Å². The summed E-state index contributed by atoms with van der Waals surface area (Å²) in [6, 6.07) is 0. The average molecular weight is 268 g/mol. The largest absolute Gasteiger partial charge is 0.371 e. The topological polar surface area (TPSA) is 34.1 Å². The van der Waals surface area contributed by atoms with E-state index in [0.29, 0.717) is 5.92 Å². The predicted octanol–water partition coefficient (Wildman–Crippen LogP) is 3.52. The molecule has 1 aromatic heterocycles. The molecule has 1 aromatic rings. The summed E-state index contributed by atoms with van der Waals surface area (Å²) >= 11 is 1.80. The highest BCUT2D eigenvalue weighted by Crippen LogP contribution is 2.38. The molecule has 1 fully saturated rings. The van der Waals surface area contributed by atoms with E-state index in [-0.39, 0.29) is 6.10 Å². The zero-order chi connectivity index (χ0) is 12.8. The molecule has 4 heteroatoms. The van der Waals surface area contributed by atoms with Gasteiger partial charge in [-0.2, -0.15) is 0 Å². The van der Waals surface area contributed by atoms with Crippen LogP contribution in [0.5, 0.6) is 0 Å². The van der Waals surface area contributed by atoms with Gasteiger partial charge in [0.2, 0.25) is 0 Å². The van der Waals surface area contributed by atoms with E-state index >= 15 is 0 Å². The molecule has 1 aliphatic carbocycles. The first-order valence-electron chi connectivity index (χ1n) is 7.06. The van der Waals surface area contributed by atoms with Crippen LogP contribution in [0.4, 0.5) is 0 Å². The van der Waals surface area contributed by atoms with Crippen molar-refractivity contribution in [2.24, 2.45) is 5.92 Å². The number of aromatic nitrogens is 1. The number of nitrogens with zero attached hydrogens (tertiary/aromatic N) is 1. The van der Waals surface area contributed by atoms with E-state index in [1.54, 1.807) is 11.3 Å². The summed E-state index contributed by atoms with van der Waals surface area (Å²) in [5.41, 5.74) is 0. The number of hydrogen-bond acceptors (Lipinski definition) is 4. The highest BCUT2D eigenvalue weighted by atomic mass is 32.1. The molecule has 1 heterocycles. The van der Waals surface area contributed by atoms with Crippen molar-refractivity contribution in [3.8, 4) is 0 Å². The standard InChI is InChI=1S/C14H24N2OS/c1-3-17-13(11-7-5-4-6-8-11)14-16-10-12(18-14)9-15-2/h10-11,13,15H,3-9H2,1-2H3. The van der Waals surface area contributed by atoms with Gasteiger partial charge in [0.1, 0.15) is 11.1 Å². The number of nitrogens with one attached hydrogen (secondary N) is 1. The van der Waals surface area contributed by atoms with Crippen molar-refractivity contribution in [3.63, 3.8) is 0 Å². The lowest BCUT2D eigenvalue weighted by Crippen LogP contribution is -2.19. The maximum atomic E-state index is 5.99. The first kappa shape index (κ1) is 14.0. The summed E-state index contributed by atoms with van der Waals surface area (Å²) < 4.78 is 5.99. The van der Waals surface area contributed by atoms with E-state index < -0.39 is 0 Å². The Labute approximate surface area is 114 Å². The van der Waals surface area contributed by atoms with E-state index in [4.69, 9.17) is 4.74 Å². The highest BCUT2D eigenvalue weighted by Gasteiger charge is 2.27.